The van der Waals surface area contributed by atoms with E-state index in [0.29, 0.717) is 11.7 Å². The highest BCUT2D eigenvalue weighted by Gasteiger charge is 2.21. The van der Waals surface area contributed by atoms with Crippen LogP contribution in [0.25, 0.3) is 72.8 Å². The molecule has 0 spiro atoms. The summed E-state index contributed by atoms with van der Waals surface area (Å²) >= 11 is 0. The van der Waals surface area contributed by atoms with E-state index in [9.17, 15) is 0 Å². The van der Waals surface area contributed by atoms with E-state index in [2.05, 4.69) is 53.1 Å². The minimum Gasteiger partial charge on any atom is -0.434 e. The molecule has 0 amide bonds. The van der Waals surface area contributed by atoms with Gasteiger partial charge in [0.05, 0.1) is 11.2 Å². The van der Waals surface area contributed by atoms with Crippen LogP contribution in [0.15, 0.2) is 138 Å². The first-order valence-electron chi connectivity index (χ1n) is 13.2. The van der Waals surface area contributed by atoms with Crippen molar-refractivity contribution in [3.05, 3.63) is 133 Å². The summed E-state index contributed by atoms with van der Waals surface area (Å²) < 4.78 is 8.70. The van der Waals surface area contributed by atoms with Gasteiger partial charge in [-0.2, -0.15) is 0 Å². The third-order valence-electron chi connectivity index (χ3n) is 7.25. The number of nitrogens with zero attached hydrogens (tertiary/aromatic N) is 4. The maximum absolute atomic E-state index is 6.51. The summed E-state index contributed by atoms with van der Waals surface area (Å²) in [5.74, 6) is 2.03. The Morgan fingerprint density at radius 2 is 1.18 bits per heavy atom. The molecule has 5 aromatic carbocycles. The van der Waals surface area contributed by atoms with Crippen LogP contribution < -0.4 is 0 Å². The molecule has 8 aromatic rings. The van der Waals surface area contributed by atoms with Gasteiger partial charge in [0.2, 0.25) is 5.89 Å². The van der Waals surface area contributed by atoms with Crippen LogP contribution in [-0.2, 0) is 0 Å². The molecule has 8 rings (SSSR count). The highest BCUT2D eigenvalue weighted by atomic mass is 16.3. The molecular formula is C35H22N4O. The summed E-state index contributed by atoms with van der Waals surface area (Å²) in [7, 11) is 0. The Morgan fingerprint density at radius 1 is 0.525 bits per heavy atom. The average molecular weight is 515 g/mol. The van der Waals surface area contributed by atoms with Crippen molar-refractivity contribution >= 4 is 32.9 Å². The lowest BCUT2D eigenvalue weighted by atomic mass is 10.1. The van der Waals surface area contributed by atoms with Crippen LogP contribution in [0, 0.1) is 0 Å². The molecule has 0 atom stereocenters. The third kappa shape index (κ3) is 3.60. The Hall–Kier alpha value is -5.55. The van der Waals surface area contributed by atoms with Gasteiger partial charge in [0.1, 0.15) is 16.9 Å². The largest absolute Gasteiger partial charge is 0.434 e. The second-order valence-corrected chi connectivity index (χ2v) is 9.71. The van der Waals surface area contributed by atoms with E-state index in [1.165, 1.54) is 0 Å². The van der Waals surface area contributed by atoms with Gasteiger partial charge >= 0.3 is 0 Å². The van der Waals surface area contributed by atoms with Crippen LogP contribution >= 0.6 is 0 Å². The second kappa shape index (κ2) is 9.03. The van der Waals surface area contributed by atoms with Crippen molar-refractivity contribution in [3.8, 4) is 39.9 Å². The van der Waals surface area contributed by atoms with E-state index in [-0.39, 0.29) is 0 Å². The minimum absolute atomic E-state index is 0.595. The first-order chi connectivity index (χ1) is 19.8. The fourth-order valence-electron chi connectivity index (χ4n) is 5.40. The molecule has 0 saturated carbocycles. The van der Waals surface area contributed by atoms with Gasteiger partial charge in [-0.1, -0.05) is 97.1 Å². The van der Waals surface area contributed by atoms with Crippen LogP contribution in [-0.4, -0.2) is 19.5 Å². The molecule has 5 heteroatoms. The standard InChI is InChI=1S/C35H22N4O/c1-4-12-23(13-5-1)29-22-31(38-34(36-29)24-14-6-2-7-15-24)39-30-19-11-10-18-26(30)27-20-21-28-33(32(27)39)40-35(37-28)25-16-8-3-9-17-25/h1-22H. The summed E-state index contributed by atoms with van der Waals surface area (Å²) in [5.41, 5.74) is 7.28. The molecule has 188 valence electrons. The van der Waals surface area contributed by atoms with E-state index in [1.54, 1.807) is 0 Å². The monoisotopic (exact) mass is 514 g/mol. The van der Waals surface area contributed by atoms with Gasteiger partial charge in [-0.05, 0) is 30.3 Å². The molecule has 0 fully saturated rings. The van der Waals surface area contributed by atoms with Gasteiger partial charge in [-0.3, -0.25) is 4.57 Å². The molecule has 0 aliphatic carbocycles. The van der Waals surface area contributed by atoms with Crippen molar-refractivity contribution in [2.75, 3.05) is 0 Å². The summed E-state index contributed by atoms with van der Waals surface area (Å²) in [4.78, 5) is 15.0. The lowest BCUT2D eigenvalue weighted by Gasteiger charge is -2.12. The van der Waals surface area contributed by atoms with Crippen molar-refractivity contribution in [3.63, 3.8) is 0 Å². The molecule has 0 unspecified atom stereocenters. The zero-order valence-electron chi connectivity index (χ0n) is 21.4. The third-order valence-corrected chi connectivity index (χ3v) is 7.25. The highest BCUT2D eigenvalue weighted by Crippen LogP contribution is 2.38. The van der Waals surface area contributed by atoms with Crippen LogP contribution in [0.5, 0.6) is 0 Å². The van der Waals surface area contributed by atoms with Crippen molar-refractivity contribution < 1.29 is 4.42 Å². The molecule has 0 bridgehead atoms. The van der Waals surface area contributed by atoms with Crippen molar-refractivity contribution in [2.24, 2.45) is 0 Å². The zero-order chi connectivity index (χ0) is 26.5. The summed E-state index contributed by atoms with van der Waals surface area (Å²) in [6.45, 7) is 0. The van der Waals surface area contributed by atoms with Gasteiger partial charge in [-0.15, -0.1) is 0 Å². The van der Waals surface area contributed by atoms with Crippen molar-refractivity contribution in [1.82, 2.24) is 19.5 Å². The maximum Gasteiger partial charge on any atom is 0.227 e. The van der Waals surface area contributed by atoms with Gasteiger partial charge in [0, 0.05) is 33.5 Å². The number of fused-ring (bicyclic) bond motifs is 5. The van der Waals surface area contributed by atoms with Gasteiger partial charge in [0.25, 0.3) is 0 Å². The quantitative estimate of drug-likeness (QED) is 0.236. The van der Waals surface area contributed by atoms with E-state index >= 15 is 0 Å². The first-order valence-corrected chi connectivity index (χ1v) is 13.2. The zero-order valence-corrected chi connectivity index (χ0v) is 21.4. The molecular weight excluding hydrogens is 492 g/mol. The second-order valence-electron chi connectivity index (χ2n) is 9.71. The van der Waals surface area contributed by atoms with Crippen LogP contribution in [0.1, 0.15) is 0 Å². The fourth-order valence-corrected chi connectivity index (χ4v) is 5.40. The molecule has 0 saturated heterocycles. The predicted molar refractivity (Wildman–Crippen MR) is 160 cm³/mol. The Morgan fingerprint density at radius 3 is 1.93 bits per heavy atom. The summed E-state index contributed by atoms with van der Waals surface area (Å²) in [5, 5.41) is 2.21. The van der Waals surface area contributed by atoms with E-state index < -0.39 is 0 Å². The minimum atomic E-state index is 0.595. The number of hydrogen-bond donors (Lipinski definition) is 0. The SMILES string of the molecule is c1ccc(-c2cc(-n3c4ccccc4c4ccc5nc(-c6ccccc6)oc5c43)nc(-c3ccccc3)n2)cc1. The first kappa shape index (κ1) is 22.4. The Labute approximate surface area is 230 Å². The van der Waals surface area contributed by atoms with Crippen LogP contribution in [0.2, 0.25) is 0 Å². The van der Waals surface area contributed by atoms with Crippen LogP contribution in [0.3, 0.4) is 0 Å². The number of oxazole rings is 1. The average Bonchev–Trinajstić information content (AvgIpc) is 3.62. The smallest absolute Gasteiger partial charge is 0.227 e. The maximum atomic E-state index is 6.51. The van der Waals surface area contributed by atoms with E-state index in [0.717, 1.165) is 61.1 Å². The highest BCUT2D eigenvalue weighted by molar-refractivity contribution is 6.16. The van der Waals surface area contributed by atoms with Crippen molar-refractivity contribution in [2.45, 2.75) is 0 Å². The molecule has 0 aliphatic heterocycles. The number of aromatic nitrogens is 4. The molecule has 0 radical (unpaired) electrons. The summed E-state index contributed by atoms with van der Waals surface area (Å²) in [6.07, 6.45) is 0. The molecule has 0 N–H and O–H groups in total. The molecule has 3 heterocycles. The Kier molecular flexibility index (Phi) is 5.07. The van der Waals surface area contributed by atoms with Crippen molar-refractivity contribution in [1.29, 1.82) is 0 Å². The number of para-hydroxylation sites is 1. The lowest BCUT2D eigenvalue weighted by Crippen LogP contribution is -2.02. The van der Waals surface area contributed by atoms with E-state index in [4.69, 9.17) is 19.4 Å². The number of hydrogen-bond acceptors (Lipinski definition) is 4. The fraction of sp³-hybridized carbons (Fsp3) is 0. The summed E-state index contributed by atoms with van der Waals surface area (Å²) in [6, 6.07) is 45.0. The molecule has 0 aliphatic rings. The molecule has 40 heavy (non-hydrogen) atoms. The Balaban J connectivity index is 1.47. The van der Waals surface area contributed by atoms with Gasteiger partial charge in [0.15, 0.2) is 11.4 Å². The number of rotatable bonds is 4. The predicted octanol–water partition coefficient (Wildman–Crippen LogP) is 8.72. The molecule has 5 nitrogen and oxygen atoms in total. The van der Waals surface area contributed by atoms with Gasteiger partial charge in [-0.25, -0.2) is 15.0 Å². The van der Waals surface area contributed by atoms with Gasteiger partial charge < -0.3 is 4.42 Å². The Bertz CT molecular complexity index is 2090. The van der Waals surface area contributed by atoms with Crippen LogP contribution in [0.4, 0.5) is 0 Å². The topological polar surface area (TPSA) is 56.7 Å². The number of benzene rings is 5. The lowest BCUT2D eigenvalue weighted by molar-refractivity contribution is 0.621. The molecule has 3 aromatic heterocycles. The van der Waals surface area contributed by atoms with E-state index in [1.807, 2.05) is 84.9 Å². The normalized spacial score (nSPS) is 11.5.